The van der Waals surface area contributed by atoms with Crippen molar-refractivity contribution in [2.24, 2.45) is 0 Å². The fourth-order valence-corrected chi connectivity index (χ4v) is 1.71. The monoisotopic (exact) mass is 203 g/mol. The Kier molecular flexibility index (Phi) is 4.78. The van der Waals surface area contributed by atoms with Crippen molar-refractivity contribution in [3.05, 3.63) is 12.2 Å². The van der Waals surface area contributed by atoms with Crippen molar-refractivity contribution in [2.45, 2.75) is 18.9 Å². The Bertz CT molecular complexity index is 166. The number of halogens is 1. The van der Waals surface area contributed by atoms with Crippen molar-refractivity contribution in [1.82, 2.24) is 4.90 Å². The van der Waals surface area contributed by atoms with E-state index in [1.54, 1.807) is 0 Å². The zero-order valence-electron chi connectivity index (χ0n) is 8.26. The Morgan fingerprint density at radius 3 is 3.00 bits per heavy atom. The van der Waals surface area contributed by atoms with Crippen LogP contribution in [0.4, 0.5) is 0 Å². The third kappa shape index (κ3) is 4.12. The number of rotatable bonds is 5. The van der Waals surface area contributed by atoms with Crippen LogP contribution in [0.1, 0.15) is 12.8 Å². The van der Waals surface area contributed by atoms with E-state index in [4.69, 9.17) is 16.3 Å². The fraction of sp³-hybridized carbons (Fsp3) is 0.800. The molecule has 1 heterocycles. The molecule has 0 radical (unpaired) electrons. The van der Waals surface area contributed by atoms with Crippen LogP contribution in [0.15, 0.2) is 12.2 Å². The summed E-state index contributed by atoms with van der Waals surface area (Å²) in [7, 11) is 2.08. The molecule has 1 rings (SSSR count). The smallest absolute Gasteiger partial charge is 0.0702 e. The molecule has 0 saturated carbocycles. The SMILES string of the molecule is C=C(CCl)CN(C)CC1CCCO1. The first kappa shape index (κ1) is 11.0. The van der Waals surface area contributed by atoms with Crippen molar-refractivity contribution in [3.63, 3.8) is 0 Å². The molecule has 3 heteroatoms. The van der Waals surface area contributed by atoms with E-state index in [0.29, 0.717) is 12.0 Å². The molecule has 0 aliphatic carbocycles. The molecule has 0 N–H and O–H groups in total. The van der Waals surface area contributed by atoms with Crippen LogP contribution in [-0.2, 0) is 4.74 Å². The molecule has 0 bridgehead atoms. The van der Waals surface area contributed by atoms with E-state index in [9.17, 15) is 0 Å². The molecule has 13 heavy (non-hydrogen) atoms. The van der Waals surface area contributed by atoms with Gasteiger partial charge in [-0.1, -0.05) is 6.58 Å². The first-order chi connectivity index (χ1) is 6.22. The van der Waals surface area contributed by atoms with Crippen molar-refractivity contribution in [2.75, 3.05) is 32.6 Å². The van der Waals surface area contributed by atoms with Crippen LogP contribution in [0.25, 0.3) is 0 Å². The Balaban J connectivity index is 2.16. The molecule has 1 saturated heterocycles. The molecule has 1 atom stereocenters. The predicted octanol–water partition coefficient (Wildman–Crippen LogP) is 1.89. The Morgan fingerprint density at radius 2 is 2.46 bits per heavy atom. The number of likely N-dealkylation sites (N-methyl/N-ethyl adjacent to an activating group) is 1. The number of alkyl halides is 1. The molecule has 76 valence electrons. The second-order valence-corrected chi connectivity index (χ2v) is 3.98. The summed E-state index contributed by atoms with van der Waals surface area (Å²) in [5, 5.41) is 0. The van der Waals surface area contributed by atoms with Gasteiger partial charge < -0.3 is 4.74 Å². The fourth-order valence-electron chi connectivity index (χ4n) is 1.62. The van der Waals surface area contributed by atoms with Crippen molar-refractivity contribution in [3.8, 4) is 0 Å². The molecule has 1 fully saturated rings. The maximum atomic E-state index is 5.66. The summed E-state index contributed by atoms with van der Waals surface area (Å²) in [6.07, 6.45) is 2.82. The van der Waals surface area contributed by atoms with Crippen LogP contribution in [0.5, 0.6) is 0 Å². The van der Waals surface area contributed by atoms with Crippen molar-refractivity contribution in [1.29, 1.82) is 0 Å². The lowest BCUT2D eigenvalue weighted by atomic mass is 10.2. The number of ether oxygens (including phenoxy) is 1. The molecule has 0 aromatic heterocycles. The molecular formula is C10H18ClNO. The van der Waals surface area contributed by atoms with Crippen LogP contribution in [-0.4, -0.2) is 43.6 Å². The Labute approximate surface area is 85.5 Å². The summed E-state index contributed by atoms with van der Waals surface area (Å²) in [4.78, 5) is 2.22. The quantitative estimate of drug-likeness (QED) is 0.500. The average molecular weight is 204 g/mol. The molecule has 0 spiro atoms. The molecule has 0 aromatic carbocycles. The van der Waals surface area contributed by atoms with Gasteiger partial charge in [0.25, 0.3) is 0 Å². The highest BCUT2D eigenvalue weighted by molar-refractivity contribution is 6.19. The maximum absolute atomic E-state index is 5.66. The third-order valence-electron chi connectivity index (χ3n) is 2.22. The van der Waals surface area contributed by atoms with E-state index in [1.165, 1.54) is 12.8 Å². The molecule has 0 amide bonds. The predicted molar refractivity (Wildman–Crippen MR) is 56.3 cm³/mol. The minimum absolute atomic E-state index is 0.424. The average Bonchev–Trinajstić information content (AvgIpc) is 2.56. The zero-order chi connectivity index (χ0) is 9.68. The minimum atomic E-state index is 0.424. The lowest BCUT2D eigenvalue weighted by Crippen LogP contribution is -2.30. The largest absolute Gasteiger partial charge is 0.377 e. The van der Waals surface area contributed by atoms with Gasteiger partial charge in [-0.15, -0.1) is 11.6 Å². The van der Waals surface area contributed by atoms with Gasteiger partial charge in [0.1, 0.15) is 0 Å². The number of hydrogen-bond donors (Lipinski definition) is 0. The van der Waals surface area contributed by atoms with Gasteiger partial charge >= 0.3 is 0 Å². The summed E-state index contributed by atoms with van der Waals surface area (Å²) >= 11 is 5.66. The van der Waals surface area contributed by atoms with Crippen LogP contribution in [0.2, 0.25) is 0 Å². The molecule has 0 aromatic rings. The molecule has 1 aliphatic rings. The van der Waals surface area contributed by atoms with E-state index in [-0.39, 0.29) is 0 Å². The van der Waals surface area contributed by atoms with Gasteiger partial charge in [-0.2, -0.15) is 0 Å². The second-order valence-electron chi connectivity index (χ2n) is 3.72. The summed E-state index contributed by atoms with van der Waals surface area (Å²) in [6.45, 7) is 6.67. The van der Waals surface area contributed by atoms with Crippen LogP contribution in [0, 0.1) is 0 Å². The van der Waals surface area contributed by atoms with Gasteiger partial charge in [-0.25, -0.2) is 0 Å². The second kappa shape index (κ2) is 5.63. The highest BCUT2D eigenvalue weighted by Crippen LogP contribution is 2.13. The van der Waals surface area contributed by atoms with Gasteiger partial charge in [0, 0.05) is 25.6 Å². The van der Waals surface area contributed by atoms with Gasteiger partial charge in [0.2, 0.25) is 0 Å². The zero-order valence-corrected chi connectivity index (χ0v) is 9.02. The van der Waals surface area contributed by atoms with Gasteiger partial charge in [0.05, 0.1) is 6.10 Å². The summed E-state index contributed by atoms with van der Waals surface area (Å²) in [6, 6.07) is 0. The minimum Gasteiger partial charge on any atom is -0.377 e. The van der Waals surface area contributed by atoms with Gasteiger partial charge in [-0.05, 0) is 25.5 Å². The van der Waals surface area contributed by atoms with E-state index in [2.05, 4.69) is 18.5 Å². The topological polar surface area (TPSA) is 12.5 Å². The molecular weight excluding hydrogens is 186 g/mol. The van der Waals surface area contributed by atoms with Crippen LogP contribution in [0.3, 0.4) is 0 Å². The van der Waals surface area contributed by atoms with Crippen LogP contribution >= 0.6 is 11.6 Å². The van der Waals surface area contributed by atoms with Crippen molar-refractivity contribution < 1.29 is 4.74 Å². The van der Waals surface area contributed by atoms with E-state index >= 15 is 0 Å². The molecule has 1 unspecified atom stereocenters. The van der Waals surface area contributed by atoms with Gasteiger partial charge in [-0.3, -0.25) is 4.90 Å². The number of hydrogen-bond acceptors (Lipinski definition) is 2. The Hall–Kier alpha value is -0.0500. The molecule has 1 aliphatic heterocycles. The summed E-state index contributed by atoms with van der Waals surface area (Å²) in [5.41, 5.74) is 1.07. The third-order valence-corrected chi connectivity index (χ3v) is 2.60. The standard InChI is InChI=1S/C10H18ClNO/c1-9(6-11)7-12(2)8-10-4-3-5-13-10/h10H,1,3-8H2,2H3. The van der Waals surface area contributed by atoms with E-state index in [1.807, 2.05) is 0 Å². The lowest BCUT2D eigenvalue weighted by Gasteiger charge is -2.20. The normalized spacial score (nSPS) is 22.5. The van der Waals surface area contributed by atoms with Crippen LogP contribution < -0.4 is 0 Å². The Morgan fingerprint density at radius 1 is 1.69 bits per heavy atom. The highest BCUT2D eigenvalue weighted by Gasteiger charge is 2.17. The molecule has 2 nitrogen and oxygen atoms in total. The maximum Gasteiger partial charge on any atom is 0.0702 e. The van der Waals surface area contributed by atoms with E-state index < -0.39 is 0 Å². The lowest BCUT2D eigenvalue weighted by molar-refractivity contribution is 0.0837. The van der Waals surface area contributed by atoms with E-state index in [0.717, 1.165) is 25.3 Å². The first-order valence-corrected chi connectivity index (χ1v) is 5.28. The van der Waals surface area contributed by atoms with Gasteiger partial charge in [0.15, 0.2) is 0 Å². The first-order valence-electron chi connectivity index (χ1n) is 4.75. The summed E-state index contributed by atoms with van der Waals surface area (Å²) < 4.78 is 5.53. The number of nitrogens with zero attached hydrogens (tertiary/aromatic N) is 1. The highest BCUT2D eigenvalue weighted by atomic mass is 35.5. The summed E-state index contributed by atoms with van der Waals surface area (Å²) in [5.74, 6) is 0.551. The van der Waals surface area contributed by atoms with Crippen molar-refractivity contribution >= 4 is 11.6 Å².